The van der Waals surface area contributed by atoms with E-state index < -0.39 is 15.8 Å². The molecule has 0 saturated carbocycles. The van der Waals surface area contributed by atoms with Crippen LogP contribution >= 0.6 is 0 Å². The quantitative estimate of drug-likeness (QED) is 0.252. The first-order valence-corrected chi connectivity index (χ1v) is 10.5. The fraction of sp³-hybridized carbons (Fsp3) is 0.450. The Balaban J connectivity index is 3.10. The molecule has 0 unspecified atom stereocenters. The monoisotopic (exact) mass is 379 g/mol. The molecular formula is C20H29NO4S. The third-order valence-corrected chi connectivity index (χ3v) is 5.66. The average Bonchev–Trinajstić information content (AvgIpc) is 2.66. The predicted molar refractivity (Wildman–Crippen MR) is 104 cm³/mol. The molecule has 0 fully saturated rings. The van der Waals surface area contributed by atoms with Crippen LogP contribution in [0.1, 0.15) is 40.0 Å². The number of allylic oxidation sites excluding steroid dienone is 2. The van der Waals surface area contributed by atoms with Crippen LogP contribution in [0.25, 0.3) is 0 Å². The maximum Gasteiger partial charge on any atom is 0.350 e. The van der Waals surface area contributed by atoms with Crippen LogP contribution in [0.2, 0.25) is 0 Å². The molecule has 26 heavy (non-hydrogen) atoms. The first-order chi connectivity index (χ1) is 12.5. The molecule has 0 aliphatic carbocycles. The second-order valence-corrected chi connectivity index (χ2v) is 7.67. The second-order valence-electron chi connectivity index (χ2n) is 5.75. The number of carbonyl (C=O) groups excluding carboxylic acids is 1. The van der Waals surface area contributed by atoms with E-state index in [4.69, 9.17) is 4.74 Å². The van der Waals surface area contributed by atoms with Gasteiger partial charge in [-0.1, -0.05) is 38.0 Å². The van der Waals surface area contributed by atoms with Gasteiger partial charge in [0.05, 0.1) is 11.5 Å². The number of unbranched alkanes of at least 4 members (excludes halogenated alkanes) is 2. The number of sulfone groups is 1. The molecule has 0 N–H and O–H groups in total. The smallest absolute Gasteiger partial charge is 0.350 e. The lowest BCUT2D eigenvalue weighted by Gasteiger charge is -2.14. The average molecular weight is 380 g/mol. The summed E-state index contributed by atoms with van der Waals surface area (Å²) in [7, 11) is -3.94. The predicted octanol–water partition coefficient (Wildman–Crippen LogP) is 3.93. The minimum atomic E-state index is -3.94. The Morgan fingerprint density at radius 3 is 2.31 bits per heavy atom. The Labute approximate surface area is 157 Å². The molecule has 0 amide bonds. The molecule has 0 atom stereocenters. The minimum Gasteiger partial charge on any atom is -0.462 e. The molecule has 1 aromatic rings. The first-order valence-electron chi connectivity index (χ1n) is 9.07. The highest BCUT2D eigenvalue weighted by atomic mass is 32.2. The lowest BCUT2D eigenvalue weighted by molar-refractivity contribution is -0.138. The molecule has 144 valence electrons. The van der Waals surface area contributed by atoms with Crippen LogP contribution in [0.3, 0.4) is 0 Å². The number of esters is 1. The normalized spacial score (nSPS) is 12.3. The topological polar surface area (TPSA) is 63.7 Å². The molecule has 0 aliphatic heterocycles. The Morgan fingerprint density at radius 1 is 1.08 bits per heavy atom. The number of rotatable bonds is 11. The Hall–Kier alpha value is -2.08. The highest BCUT2D eigenvalue weighted by Crippen LogP contribution is 2.20. The van der Waals surface area contributed by atoms with Crippen molar-refractivity contribution < 1.29 is 17.9 Å². The largest absolute Gasteiger partial charge is 0.462 e. The van der Waals surface area contributed by atoms with E-state index in [-0.39, 0.29) is 16.4 Å². The van der Waals surface area contributed by atoms with Gasteiger partial charge in [0.15, 0.2) is 4.91 Å². The standard InChI is InChI=1S/C20H29NO4S/c1-4-7-11-17-25-20(22)19(15-12-16-21(5-2)6-3)26(23,24)18-13-9-8-10-14-18/h8-10,12-16H,4-7,11,17H2,1-3H3. The Kier molecular flexibility index (Phi) is 9.73. The van der Waals surface area contributed by atoms with E-state index in [1.54, 1.807) is 30.5 Å². The number of ether oxygens (including phenoxy) is 1. The van der Waals surface area contributed by atoms with Crippen LogP contribution in [0.15, 0.2) is 58.5 Å². The Bertz CT molecular complexity index is 705. The van der Waals surface area contributed by atoms with Gasteiger partial charge in [0.25, 0.3) is 0 Å². The lowest BCUT2D eigenvalue weighted by atomic mass is 10.3. The highest BCUT2D eigenvalue weighted by molar-refractivity contribution is 7.96. The van der Waals surface area contributed by atoms with E-state index in [0.717, 1.165) is 32.4 Å². The molecule has 0 radical (unpaired) electrons. The summed E-state index contributed by atoms with van der Waals surface area (Å²) in [6.07, 6.45) is 7.31. The van der Waals surface area contributed by atoms with Crippen molar-refractivity contribution in [2.45, 2.75) is 44.9 Å². The van der Waals surface area contributed by atoms with Gasteiger partial charge in [-0.15, -0.1) is 0 Å². The molecule has 0 bridgehead atoms. The van der Waals surface area contributed by atoms with Gasteiger partial charge in [-0.3, -0.25) is 0 Å². The maximum atomic E-state index is 12.9. The zero-order valence-corrected chi connectivity index (χ0v) is 16.7. The minimum absolute atomic E-state index is 0.0768. The van der Waals surface area contributed by atoms with Gasteiger partial charge in [0.2, 0.25) is 9.84 Å². The number of benzene rings is 1. The van der Waals surface area contributed by atoms with Gasteiger partial charge in [-0.2, -0.15) is 0 Å². The SMILES string of the molecule is CCCCCOC(=O)C(=CC=CN(CC)CC)S(=O)(=O)c1ccccc1. The second kappa shape index (κ2) is 11.5. The maximum absolute atomic E-state index is 12.9. The molecular weight excluding hydrogens is 350 g/mol. The summed E-state index contributed by atoms with van der Waals surface area (Å²) in [6, 6.07) is 7.93. The van der Waals surface area contributed by atoms with Crippen LogP contribution in [0.4, 0.5) is 0 Å². The van der Waals surface area contributed by atoms with Gasteiger partial charge in [0.1, 0.15) is 0 Å². The van der Waals surface area contributed by atoms with Crippen molar-refractivity contribution in [3.05, 3.63) is 53.6 Å². The van der Waals surface area contributed by atoms with Crippen LogP contribution in [-0.2, 0) is 19.4 Å². The van der Waals surface area contributed by atoms with E-state index in [2.05, 4.69) is 0 Å². The number of carbonyl (C=O) groups is 1. The molecule has 0 saturated heterocycles. The van der Waals surface area contributed by atoms with Crippen molar-refractivity contribution in [3.63, 3.8) is 0 Å². The Morgan fingerprint density at radius 2 is 1.73 bits per heavy atom. The van der Waals surface area contributed by atoms with E-state index in [0.29, 0.717) is 0 Å². The van der Waals surface area contributed by atoms with Crippen LogP contribution in [0.5, 0.6) is 0 Å². The van der Waals surface area contributed by atoms with Crippen LogP contribution in [0, 0.1) is 0 Å². The summed E-state index contributed by atoms with van der Waals surface area (Å²) in [4.78, 5) is 14.2. The number of hydrogen-bond donors (Lipinski definition) is 0. The summed E-state index contributed by atoms with van der Waals surface area (Å²) < 4.78 is 30.9. The summed E-state index contributed by atoms with van der Waals surface area (Å²) in [5.41, 5.74) is 0. The van der Waals surface area contributed by atoms with Crippen molar-refractivity contribution in [2.75, 3.05) is 19.7 Å². The van der Waals surface area contributed by atoms with Crippen molar-refractivity contribution in [1.29, 1.82) is 0 Å². The molecule has 0 aliphatic rings. The summed E-state index contributed by atoms with van der Waals surface area (Å²) in [6.45, 7) is 7.85. The molecule has 0 spiro atoms. The zero-order chi connectivity index (χ0) is 19.4. The van der Waals surface area contributed by atoms with Gasteiger partial charge in [-0.05, 0) is 50.8 Å². The van der Waals surface area contributed by atoms with Gasteiger partial charge in [-0.25, -0.2) is 13.2 Å². The fourth-order valence-electron chi connectivity index (χ4n) is 2.27. The van der Waals surface area contributed by atoms with Gasteiger partial charge < -0.3 is 9.64 Å². The summed E-state index contributed by atoms with van der Waals surface area (Å²) >= 11 is 0. The lowest BCUT2D eigenvalue weighted by Crippen LogP contribution is -2.18. The third kappa shape index (κ3) is 6.67. The number of nitrogens with zero attached hydrogens (tertiary/aromatic N) is 1. The molecule has 0 aromatic heterocycles. The molecule has 5 nitrogen and oxygen atoms in total. The highest BCUT2D eigenvalue weighted by Gasteiger charge is 2.27. The number of hydrogen-bond acceptors (Lipinski definition) is 5. The van der Waals surface area contributed by atoms with Crippen molar-refractivity contribution >= 4 is 15.8 Å². The van der Waals surface area contributed by atoms with Crippen molar-refractivity contribution in [3.8, 4) is 0 Å². The van der Waals surface area contributed by atoms with E-state index in [9.17, 15) is 13.2 Å². The van der Waals surface area contributed by atoms with Crippen molar-refractivity contribution in [1.82, 2.24) is 4.90 Å². The summed E-state index contributed by atoms with van der Waals surface area (Å²) in [5, 5.41) is 0. The van der Waals surface area contributed by atoms with Crippen molar-refractivity contribution in [2.24, 2.45) is 0 Å². The van der Waals surface area contributed by atoms with E-state index in [1.165, 1.54) is 18.2 Å². The molecule has 6 heteroatoms. The molecule has 1 aromatic carbocycles. The van der Waals surface area contributed by atoms with Crippen LogP contribution < -0.4 is 0 Å². The van der Waals surface area contributed by atoms with E-state index in [1.807, 2.05) is 25.7 Å². The fourth-order valence-corrected chi connectivity index (χ4v) is 3.57. The third-order valence-electron chi connectivity index (χ3n) is 3.88. The van der Waals surface area contributed by atoms with Gasteiger partial charge in [0, 0.05) is 13.1 Å². The summed E-state index contributed by atoms with van der Waals surface area (Å²) in [5.74, 6) is -0.811. The zero-order valence-electron chi connectivity index (χ0n) is 15.8. The van der Waals surface area contributed by atoms with Gasteiger partial charge >= 0.3 is 5.97 Å². The molecule has 0 heterocycles. The molecule has 1 rings (SSSR count). The van der Waals surface area contributed by atoms with Crippen LogP contribution in [-0.4, -0.2) is 39.0 Å². The first kappa shape index (κ1) is 22.0. The van der Waals surface area contributed by atoms with E-state index >= 15 is 0 Å².